The maximum absolute atomic E-state index is 10.4. The van der Waals surface area contributed by atoms with Gasteiger partial charge in [0.2, 0.25) is 0 Å². The third kappa shape index (κ3) is 2.72. The van der Waals surface area contributed by atoms with Gasteiger partial charge in [-0.25, -0.2) is 0 Å². The Balaban J connectivity index is 2.62. The lowest BCUT2D eigenvalue weighted by Crippen LogP contribution is -2.36. The van der Waals surface area contributed by atoms with Crippen LogP contribution in [0.3, 0.4) is 0 Å². The van der Waals surface area contributed by atoms with Crippen molar-refractivity contribution in [2.45, 2.75) is 38.5 Å². The van der Waals surface area contributed by atoms with E-state index in [9.17, 15) is 19.8 Å². The van der Waals surface area contributed by atoms with Crippen molar-refractivity contribution in [1.82, 2.24) is 0 Å². The molecule has 0 heterocycles. The molecule has 1 fully saturated rings. The Labute approximate surface area is 76.6 Å². The van der Waals surface area contributed by atoms with Crippen LogP contribution in [0, 0.1) is 5.41 Å². The lowest BCUT2D eigenvalue weighted by Gasteiger charge is -2.29. The Morgan fingerprint density at radius 3 is 1.69 bits per heavy atom. The van der Waals surface area contributed by atoms with Gasteiger partial charge in [0.25, 0.3) is 0 Å². The van der Waals surface area contributed by atoms with Crippen LogP contribution in [0.5, 0.6) is 0 Å². The molecule has 1 saturated carbocycles. The van der Waals surface area contributed by atoms with Gasteiger partial charge >= 0.3 is 0 Å². The molecule has 4 nitrogen and oxygen atoms in total. The number of aliphatic carboxylic acids is 2. The Kier molecular flexibility index (Phi) is 2.90. The van der Waals surface area contributed by atoms with Crippen molar-refractivity contribution < 1.29 is 19.8 Å². The molecule has 0 amide bonds. The zero-order valence-corrected chi connectivity index (χ0v) is 7.38. The van der Waals surface area contributed by atoms with Crippen molar-refractivity contribution >= 4 is 11.9 Å². The highest BCUT2D eigenvalue weighted by atomic mass is 16.4. The topological polar surface area (TPSA) is 80.3 Å². The summed E-state index contributed by atoms with van der Waals surface area (Å²) in [6.45, 7) is 0. The SMILES string of the molecule is O=C([O-])CC1(CC(=O)[O-])CCCC1. The molecule has 1 rings (SSSR count). The smallest absolute Gasteiger partial charge is 0.0419 e. The summed E-state index contributed by atoms with van der Waals surface area (Å²) in [5, 5.41) is 20.8. The molecule has 0 N–H and O–H groups in total. The fourth-order valence-corrected chi connectivity index (χ4v) is 2.15. The third-order valence-corrected chi connectivity index (χ3v) is 2.70. The molecule has 1 aliphatic carbocycles. The van der Waals surface area contributed by atoms with Gasteiger partial charge in [-0.1, -0.05) is 12.8 Å². The van der Waals surface area contributed by atoms with Gasteiger partial charge in [0.1, 0.15) is 0 Å². The van der Waals surface area contributed by atoms with Crippen LogP contribution >= 0.6 is 0 Å². The molecule has 0 spiro atoms. The minimum absolute atomic E-state index is 0.152. The molecular weight excluding hydrogens is 172 g/mol. The van der Waals surface area contributed by atoms with E-state index in [1.807, 2.05) is 0 Å². The standard InChI is InChI=1S/C9H14O4/c10-7(11)5-9(6-8(12)13)3-1-2-4-9/h1-6H2,(H,10,11)(H,12,13)/p-2. The summed E-state index contributed by atoms with van der Waals surface area (Å²) in [6, 6.07) is 0. The van der Waals surface area contributed by atoms with Crippen LogP contribution in [0.1, 0.15) is 38.5 Å². The Hall–Kier alpha value is -1.06. The predicted octanol–water partition coefficient (Wildman–Crippen LogP) is -1.17. The lowest BCUT2D eigenvalue weighted by molar-refractivity contribution is -0.312. The van der Waals surface area contributed by atoms with Crippen molar-refractivity contribution in [2.75, 3.05) is 0 Å². The molecule has 1 aliphatic rings. The van der Waals surface area contributed by atoms with E-state index in [-0.39, 0.29) is 12.8 Å². The summed E-state index contributed by atoms with van der Waals surface area (Å²) in [6.07, 6.45) is 2.83. The molecule has 0 aromatic heterocycles. The van der Waals surface area contributed by atoms with Gasteiger partial charge in [-0.3, -0.25) is 0 Å². The number of rotatable bonds is 4. The average Bonchev–Trinajstić information content (AvgIpc) is 2.33. The molecule has 4 heteroatoms. The van der Waals surface area contributed by atoms with E-state index in [0.29, 0.717) is 12.8 Å². The first-order chi connectivity index (χ1) is 6.04. The number of carbonyl (C=O) groups is 2. The number of carbonyl (C=O) groups excluding carboxylic acids is 2. The van der Waals surface area contributed by atoms with Crippen molar-refractivity contribution in [3.05, 3.63) is 0 Å². The summed E-state index contributed by atoms with van der Waals surface area (Å²) in [5.74, 6) is -2.33. The summed E-state index contributed by atoms with van der Waals surface area (Å²) in [7, 11) is 0. The Morgan fingerprint density at radius 1 is 1.00 bits per heavy atom. The van der Waals surface area contributed by atoms with Crippen LogP contribution in [0.15, 0.2) is 0 Å². The van der Waals surface area contributed by atoms with Gasteiger partial charge < -0.3 is 19.8 Å². The molecular formula is C9H12O4-2. The Morgan fingerprint density at radius 2 is 1.38 bits per heavy atom. The van der Waals surface area contributed by atoms with Crippen LogP contribution in [0.2, 0.25) is 0 Å². The van der Waals surface area contributed by atoms with Crippen LogP contribution in [-0.2, 0) is 9.59 Å². The van der Waals surface area contributed by atoms with E-state index < -0.39 is 17.4 Å². The predicted molar refractivity (Wildman–Crippen MR) is 40.1 cm³/mol. The van der Waals surface area contributed by atoms with Crippen molar-refractivity contribution in [3.63, 3.8) is 0 Å². The van der Waals surface area contributed by atoms with Crippen LogP contribution in [0.25, 0.3) is 0 Å². The molecule has 0 aromatic rings. The van der Waals surface area contributed by atoms with Crippen molar-refractivity contribution in [1.29, 1.82) is 0 Å². The highest BCUT2D eigenvalue weighted by Crippen LogP contribution is 2.43. The second-order valence-corrected chi connectivity index (χ2v) is 3.80. The van der Waals surface area contributed by atoms with Gasteiger partial charge in [0.15, 0.2) is 0 Å². The van der Waals surface area contributed by atoms with E-state index in [4.69, 9.17) is 0 Å². The van der Waals surface area contributed by atoms with Gasteiger partial charge in [0, 0.05) is 11.9 Å². The molecule has 0 bridgehead atoms. The van der Waals surface area contributed by atoms with E-state index >= 15 is 0 Å². The van der Waals surface area contributed by atoms with Crippen LogP contribution in [-0.4, -0.2) is 11.9 Å². The molecule has 0 aliphatic heterocycles. The number of hydrogen-bond acceptors (Lipinski definition) is 4. The van der Waals surface area contributed by atoms with Crippen molar-refractivity contribution in [3.8, 4) is 0 Å². The number of carboxylic acid groups (broad SMARTS) is 2. The number of hydrogen-bond donors (Lipinski definition) is 0. The minimum atomic E-state index is -1.16. The van der Waals surface area contributed by atoms with E-state index in [0.717, 1.165) is 12.8 Å². The normalized spacial score (nSPS) is 20.0. The zero-order valence-electron chi connectivity index (χ0n) is 7.38. The summed E-state index contributed by atoms with van der Waals surface area (Å²) >= 11 is 0. The molecule has 74 valence electrons. The fourth-order valence-electron chi connectivity index (χ4n) is 2.15. The highest BCUT2D eigenvalue weighted by Gasteiger charge is 2.33. The van der Waals surface area contributed by atoms with Gasteiger partial charge in [-0.05, 0) is 31.1 Å². The minimum Gasteiger partial charge on any atom is -0.550 e. The van der Waals surface area contributed by atoms with Gasteiger partial charge in [-0.2, -0.15) is 0 Å². The zero-order chi connectivity index (χ0) is 9.90. The second kappa shape index (κ2) is 3.77. The maximum atomic E-state index is 10.4. The van der Waals surface area contributed by atoms with Crippen LogP contribution in [0.4, 0.5) is 0 Å². The quantitative estimate of drug-likeness (QED) is 0.551. The van der Waals surface area contributed by atoms with Crippen LogP contribution < -0.4 is 10.2 Å². The molecule has 0 saturated heterocycles. The average molecular weight is 184 g/mol. The highest BCUT2D eigenvalue weighted by molar-refractivity contribution is 5.69. The molecule has 0 aromatic carbocycles. The second-order valence-electron chi connectivity index (χ2n) is 3.80. The van der Waals surface area contributed by atoms with Crippen molar-refractivity contribution in [2.24, 2.45) is 5.41 Å². The summed E-state index contributed by atoms with van der Waals surface area (Å²) < 4.78 is 0. The molecule has 0 radical (unpaired) electrons. The fraction of sp³-hybridized carbons (Fsp3) is 0.778. The molecule has 0 atom stereocenters. The summed E-state index contributed by atoms with van der Waals surface area (Å²) in [5.41, 5.74) is -0.586. The third-order valence-electron chi connectivity index (χ3n) is 2.70. The first kappa shape index (κ1) is 10.0. The van der Waals surface area contributed by atoms with E-state index in [1.54, 1.807) is 0 Å². The summed E-state index contributed by atoms with van der Waals surface area (Å²) in [4.78, 5) is 20.8. The molecule has 0 unspecified atom stereocenters. The first-order valence-corrected chi connectivity index (χ1v) is 4.44. The van der Waals surface area contributed by atoms with Gasteiger partial charge in [0.05, 0.1) is 0 Å². The molecule has 13 heavy (non-hydrogen) atoms. The Bertz CT molecular complexity index is 198. The van der Waals surface area contributed by atoms with E-state index in [1.165, 1.54) is 0 Å². The van der Waals surface area contributed by atoms with Gasteiger partial charge in [-0.15, -0.1) is 0 Å². The largest absolute Gasteiger partial charge is 0.550 e. The van der Waals surface area contributed by atoms with E-state index in [2.05, 4.69) is 0 Å². The monoisotopic (exact) mass is 184 g/mol. The first-order valence-electron chi connectivity index (χ1n) is 4.44. The maximum Gasteiger partial charge on any atom is 0.0419 e. The number of carboxylic acids is 2. The lowest BCUT2D eigenvalue weighted by atomic mass is 9.79.